The van der Waals surface area contributed by atoms with Gasteiger partial charge in [0.15, 0.2) is 0 Å². The number of anilines is 2. The summed E-state index contributed by atoms with van der Waals surface area (Å²) in [6.45, 7) is 5.23. The monoisotopic (exact) mass is 301 g/mol. The Morgan fingerprint density at radius 3 is 2.62 bits per heavy atom. The minimum absolute atomic E-state index is 0.0885. The van der Waals surface area contributed by atoms with E-state index in [1.807, 2.05) is 24.0 Å². The third-order valence-corrected chi connectivity index (χ3v) is 4.81. The molecule has 0 radical (unpaired) electrons. The topological polar surface area (TPSA) is 49.6 Å². The lowest BCUT2D eigenvalue weighted by molar-refractivity contribution is 0.0746. The maximum absolute atomic E-state index is 12.6. The second-order valence-electron chi connectivity index (χ2n) is 5.30. The number of nitrogen functional groups attached to an aromatic ring is 1. The van der Waals surface area contributed by atoms with Gasteiger partial charge in [-0.3, -0.25) is 4.79 Å². The van der Waals surface area contributed by atoms with Crippen molar-refractivity contribution in [3.63, 3.8) is 0 Å². The first kappa shape index (κ1) is 13.9. The van der Waals surface area contributed by atoms with Crippen molar-refractivity contribution in [2.24, 2.45) is 0 Å². The molecule has 1 saturated heterocycles. The summed E-state index contributed by atoms with van der Waals surface area (Å²) in [5.41, 5.74) is 8.15. The second kappa shape index (κ2) is 5.77. The highest BCUT2D eigenvalue weighted by Gasteiger charge is 2.23. The van der Waals surface area contributed by atoms with Crippen LogP contribution in [0.5, 0.6) is 0 Å². The molecule has 110 valence electrons. The fourth-order valence-electron chi connectivity index (χ4n) is 2.62. The number of aryl methyl sites for hydroxylation is 1. The Morgan fingerprint density at radius 2 is 1.95 bits per heavy atom. The summed E-state index contributed by atoms with van der Waals surface area (Å²) < 4.78 is 0. The number of thiophene rings is 1. The van der Waals surface area contributed by atoms with Crippen LogP contribution in [0.3, 0.4) is 0 Å². The molecule has 2 N–H and O–H groups in total. The average Bonchev–Trinajstić information content (AvgIpc) is 3.03. The number of amides is 1. The zero-order valence-electron chi connectivity index (χ0n) is 12.1. The maximum atomic E-state index is 12.6. The summed E-state index contributed by atoms with van der Waals surface area (Å²) in [6.07, 6.45) is 0. The highest BCUT2D eigenvalue weighted by molar-refractivity contribution is 7.14. The van der Waals surface area contributed by atoms with Crippen molar-refractivity contribution >= 4 is 27.9 Å². The van der Waals surface area contributed by atoms with Gasteiger partial charge in [-0.1, -0.05) is 6.07 Å². The minimum atomic E-state index is 0.0885. The number of nitrogens with zero attached hydrogens (tertiary/aromatic N) is 2. The Labute approximate surface area is 128 Å². The molecule has 1 fully saturated rings. The average molecular weight is 301 g/mol. The number of carbonyl (C=O) groups is 1. The van der Waals surface area contributed by atoms with Crippen LogP contribution in [0.4, 0.5) is 10.7 Å². The summed E-state index contributed by atoms with van der Waals surface area (Å²) in [7, 11) is 0. The zero-order valence-corrected chi connectivity index (χ0v) is 12.9. The van der Waals surface area contributed by atoms with Crippen LogP contribution < -0.4 is 10.6 Å². The van der Waals surface area contributed by atoms with Crippen LogP contribution in [0, 0.1) is 6.92 Å². The number of rotatable bonds is 2. The molecule has 1 aromatic carbocycles. The minimum Gasteiger partial charge on any atom is -0.399 e. The Morgan fingerprint density at radius 1 is 1.19 bits per heavy atom. The third kappa shape index (κ3) is 2.88. The van der Waals surface area contributed by atoms with Crippen molar-refractivity contribution in [3.8, 4) is 0 Å². The molecule has 1 aliphatic rings. The van der Waals surface area contributed by atoms with Gasteiger partial charge in [0.1, 0.15) is 0 Å². The van der Waals surface area contributed by atoms with E-state index in [4.69, 9.17) is 5.73 Å². The number of benzene rings is 1. The highest BCUT2D eigenvalue weighted by Crippen LogP contribution is 2.23. The van der Waals surface area contributed by atoms with Crippen molar-refractivity contribution in [1.29, 1.82) is 0 Å². The first-order valence-corrected chi connectivity index (χ1v) is 7.97. The van der Waals surface area contributed by atoms with Gasteiger partial charge in [-0.05, 0) is 42.1 Å². The lowest BCUT2D eigenvalue weighted by Crippen LogP contribution is -2.48. The fraction of sp³-hybridized carbons (Fsp3) is 0.312. The highest BCUT2D eigenvalue weighted by atomic mass is 32.1. The quantitative estimate of drug-likeness (QED) is 0.868. The molecule has 0 saturated carbocycles. The standard InChI is InChI=1S/C16H19N3OS/c1-12-4-5-13(17)11-14(12)16(20)19-8-6-18(7-9-19)15-3-2-10-21-15/h2-5,10-11H,6-9,17H2,1H3. The molecule has 1 amide bonds. The molecule has 1 aromatic heterocycles. The first-order chi connectivity index (χ1) is 10.1. The van der Waals surface area contributed by atoms with Crippen LogP contribution in [-0.4, -0.2) is 37.0 Å². The summed E-state index contributed by atoms with van der Waals surface area (Å²) in [6, 6.07) is 9.71. The van der Waals surface area contributed by atoms with Crippen molar-refractivity contribution in [1.82, 2.24) is 4.90 Å². The number of hydrogen-bond donors (Lipinski definition) is 1. The number of hydrogen-bond acceptors (Lipinski definition) is 4. The van der Waals surface area contributed by atoms with Gasteiger partial charge >= 0.3 is 0 Å². The Hall–Kier alpha value is -2.01. The molecule has 0 atom stereocenters. The Bertz CT molecular complexity index is 631. The molecule has 3 rings (SSSR count). The van der Waals surface area contributed by atoms with Gasteiger partial charge in [0.25, 0.3) is 5.91 Å². The van der Waals surface area contributed by atoms with E-state index in [0.29, 0.717) is 5.69 Å². The molecule has 0 aliphatic carbocycles. The predicted octanol–water partition coefficient (Wildman–Crippen LogP) is 2.60. The van der Waals surface area contributed by atoms with Gasteiger partial charge in [0.05, 0.1) is 5.00 Å². The lowest BCUT2D eigenvalue weighted by Gasteiger charge is -2.35. The van der Waals surface area contributed by atoms with Gasteiger partial charge < -0.3 is 15.5 Å². The van der Waals surface area contributed by atoms with E-state index in [1.165, 1.54) is 5.00 Å². The van der Waals surface area contributed by atoms with Crippen molar-refractivity contribution in [2.75, 3.05) is 36.8 Å². The summed E-state index contributed by atoms with van der Waals surface area (Å²) in [4.78, 5) is 16.9. The van der Waals surface area contributed by atoms with Crippen LogP contribution in [0.2, 0.25) is 0 Å². The normalized spacial score (nSPS) is 15.3. The van der Waals surface area contributed by atoms with E-state index in [2.05, 4.69) is 22.4 Å². The smallest absolute Gasteiger partial charge is 0.254 e. The van der Waals surface area contributed by atoms with Crippen molar-refractivity contribution < 1.29 is 4.79 Å². The largest absolute Gasteiger partial charge is 0.399 e. The molecule has 2 aromatic rings. The molecule has 2 heterocycles. The van der Waals surface area contributed by atoms with Gasteiger partial charge in [-0.2, -0.15) is 0 Å². The molecular weight excluding hydrogens is 282 g/mol. The summed E-state index contributed by atoms with van der Waals surface area (Å²) in [5.74, 6) is 0.0885. The van der Waals surface area contributed by atoms with E-state index in [-0.39, 0.29) is 5.91 Å². The van der Waals surface area contributed by atoms with Gasteiger partial charge in [-0.15, -0.1) is 11.3 Å². The van der Waals surface area contributed by atoms with Gasteiger partial charge in [0, 0.05) is 37.4 Å². The number of carbonyl (C=O) groups excluding carboxylic acids is 1. The molecular formula is C16H19N3OS. The van der Waals surface area contributed by atoms with Crippen molar-refractivity contribution in [3.05, 3.63) is 46.8 Å². The van der Waals surface area contributed by atoms with Crippen LogP contribution >= 0.6 is 11.3 Å². The Kier molecular flexibility index (Phi) is 3.84. The van der Waals surface area contributed by atoms with Gasteiger partial charge in [0.2, 0.25) is 0 Å². The molecule has 0 unspecified atom stereocenters. The van der Waals surface area contributed by atoms with Crippen LogP contribution in [-0.2, 0) is 0 Å². The van der Waals surface area contributed by atoms with E-state index in [1.54, 1.807) is 17.4 Å². The van der Waals surface area contributed by atoms with E-state index in [9.17, 15) is 4.79 Å². The SMILES string of the molecule is Cc1ccc(N)cc1C(=O)N1CCN(c2cccs2)CC1. The lowest BCUT2D eigenvalue weighted by atomic mass is 10.1. The molecule has 0 spiro atoms. The van der Waals surface area contributed by atoms with E-state index < -0.39 is 0 Å². The molecule has 5 heteroatoms. The molecule has 4 nitrogen and oxygen atoms in total. The summed E-state index contributed by atoms with van der Waals surface area (Å²) >= 11 is 1.75. The molecule has 0 bridgehead atoms. The zero-order chi connectivity index (χ0) is 14.8. The Balaban J connectivity index is 1.69. The molecule has 21 heavy (non-hydrogen) atoms. The second-order valence-corrected chi connectivity index (χ2v) is 6.23. The predicted molar refractivity (Wildman–Crippen MR) is 88.0 cm³/mol. The van der Waals surface area contributed by atoms with E-state index in [0.717, 1.165) is 37.3 Å². The van der Waals surface area contributed by atoms with Crippen LogP contribution in [0.1, 0.15) is 15.9 Å². The number of nitrogens with two attached hydrogens (primary N) is 1. The fourth-order valence-corrected chi connectivity index (χ4v) is 3.41. The first-order valence-electron chi connectivity index (χ1n) is 7.09. The molecule has 1 aliphatic heterocycles. The maximum Gasteiger partial charge on any atom is 0.254 e. The van der Waals surface area contributed by atoms with Gasteiger partial charge in [-0.25, -0.2) is 0 Å². The van der Waals surface area contributed by atoms with E-state index >= 15 is 0 Å². The van der Waals surface area contributed by atoms with Crippen molar-refractivity contribution in [2.45, 2.75) is 6.92 Å². The van der Waals surface area contributed by atoms with Crippen LogP contribution in [0.15, 0.2) is 35.7 Å². The number of piperazine rings is 1. The third-order valence-electron chi connectivity index (χ3n) is 3.88. The summed E-state index contributed by atoms with van der Waals surface area (Å²) in [5, 5.41) is 3.37. The van der Waals surface area contributed by atoms with Crippen LogP contribution in [0.25, 0.3) is 0 Å².